The Labute approximate surface area is 175 Å². The van der Waals surface area contributed by atoms with Crippen molar-refractivity contribution in [1.29, 1.82) is 0 Å². The van der Waals surface area contributed by atoms with Crippen molar-refractivity contribution in [3.63, 3.8) is 0 Å². The van der Waals surface area contributed by atoms with Gasteiger partial charge in [-0.15, -0.1) is 0 Å². The van der Waals surface area contributed by atoms with Crippen LogP contribution in [0.2, 0.25) is 0 Å². The molecule has 31 heavy (non-hydrogen) atoms. The number of fused-ring (bicyclic) bond motifs is 2. The van der Waals surface area contributed by atoms with Gasteiger partial charge in [0.05, 0.1) is 35.5 Å². The van der Waals surface area contributed by atoms with Crippen LogP contribution in [-0.2, 0) is 29.2 Å². The zero-order valence-electron chi connectivity index (χ0n) is 16.3. The summed E-state index contributed by atoms with van der Waals surface area (Å²) >= 11 is 0. The van der Waals surface area contributed by atoms with E-state index in [-0.39, 0.29) is 17.7 Å². The molecular formula is C22H21F6NO2. The smallest absolute Gasteiger partial charge is 0.391 e. The fourth-order valence-corrected chi connectivity index (χ4v) is 4.67. The number of halogens is 6. The Morgan fingerprint density at radius 3 is 2.13 bits per heavy atom. The van der Waals surface area contributed by atoms with Crippen LogP contribution >= 0.6 is 0 Å². The van der Waals surface area contributed by atoms with E-state index in [2.05, 4.69) is 5.32 Å². The molecule has 2 aliphatic heterocycles. The highest BCUT2D eigenvalue weighted by Crippen LogP contribution is 2.45. The second-order valence-electron chi connectivity index (χ2n) is 8.15. The molecule has 0 aromatic heterocycles. The summed E-state index contributed by atoms with van der Waals surface area (Å²) in [7, 11) is 0. The molecule has 3 nitrogen and oxygen atoms in total. The molecule has 2 saturated heterocycles. The number of rotatable bonds is 4. The molecule has 0 aliphatic carbocycles. The molecule has 2 fully saturated rings. The molecule has 2 aromatic carbocycles. The first kappa shape index (κ1) is 22.1. The van der Waals surface area contributed by atoms with E-state index >= 15 is 0 Å². The number of nitrogens with one attached hydrogen (secondary N) is 1. The van der Waals surface area contributed by atoms with Crippen LogP contribution in [0.3, 0.4) is 0 Å². The molecular weight excluding hydrogens is 424 g/mol. The number of ether oxygens (including phenoxy) is 1. The molecule has 2 bridgehead atoms. The van der Waals surface area contributed by atoms with Crippen molar-refractivity contribution in [3.8, 4) is 0 Å². The van der Waals surface area contributed by atoms with Crippen LogP contribution in [0.25, 0.3) is 0 Å². The molecule has 2 aliphatic rings. The van der Waals surface area contributed by atoms with Crippen molar-refractivity contribution in [2.45, 2.75) is 62.0 Å². The van der Waals surface area contributed by atoms with Crippen molar-refractivity contribution in [2.75, 3.05) is 0 Å². The van der Waals surface area contributed by atoms with Gasteiger partial charge in [0.1, 0.15) is 0 Å². The van der Waals surface area contributed by atoms with Crippen molar-refractivity contribution in [1.82, 2.24) is 5.32 Å². The number of hydrogen-bond donors (Lipinski definition) is 2. The van der Waals surface area contributed by atoms with E-state index in [1.54, 1.807) is 0 Å². The fraction of sp³-hybridized carbons (Fsp3) is 0.455. The number of hydrogen-bond acceptors (Lipinski definition) is 3. The molecule has 0 amide bonds. The molecule has 4 rings (SSSR count). The van der Waals surface area contributed by atoms with E-state index in [0.29, 0.717) is 31.4 Å². The number of aliphatic hydroxyl groups is 1. The van der Waals surface area contributed by atoms with Gasteiger partial charge in [0.25, 0.3) is 0 Å². The summed E-state index contributed by atoms with van der Waals surface area (Å²) in [4.78, 5) is 0. The van der Waals surface area contributed by atoms with Crippen LogP contribution < -0.4 is 5.32 Å². The zero-order chi connectivity index (χ0) is 22.4. The summed E-state index contributed by atoms with van der Waals surface area (Å²) in [6.07, 6.45) is -9.48. The molecule has 4 atom stereocenters. The van der Waals surface area contributed by atoms with Crippen LogP contribution in [0.15, 0.2) is 48.5 Å². The maximum atomic E-state index is 13.1. The normalized spacial score (nSPS) is 28.7. The largest absolute Gasteiger partial charge is 0.416 e. The Kier molecular flexibility index (Phi) is 5.56. The van der Waals surface area contributed by atoms with Crippen molar-refractivity contribution in [2.24, 2.45) is 0 Å². The van der Waals surface area contributed by atoms with Crippen LogP contribution in [-0.4, -0.2) is 23.4 Å². The van der Waals surface area contributed by atoms with Crippen LogP contribution in [0.5, 0.6) is 0 Å². The molecule has 9 heteroatoms. The lowest BCUT2D eigenvalue weighted by Gasteiger charge is -2.42. The van der Waals surface area contributed by atoms with E-state index in [0.717, 1.165) is 5.56 Å². The van der Waals surface area contributed by atoms with Crippen molar-refractivity contribution in [3.05, 3.63) is 70.8 Å². The molecule has 0 radical (unpaired) electrons. The SMILES string of the molecule is O[C@H]1C[C@]2(c3ccccc3)N[C@H]1CC[C@H]2OCc1cc(C(F)(F)F)cc(C(F)(F)F)c1. The molecule has 0 spiro atoms. The molecule has 2 N–H and O–H groups in total. The minimum atomic E-state index is -4.91. The van der Waals surface area contributed by atoms with Gasteiger partial charge in [-0.05, 0) is 48.6 Å². The van der Waals surface area contributed by atoms with Crippen molar-refractivity contribution >= 4 is 0 Å². The summed E-state index contributed by atoms with van der Waals surface area (Å²) in [5, 5.41) is 13.8. The lowest BCUT2D eigenvalue weighted by atomic mass is 9.80. The number of benzene rings is 2. The Morgan fingerprint density at radius 2 is 1.55 bits per heavy atom. The van der Waals surface area contributed by atoms with Gasteiger partial charge in [-0.1, -0.05) is 30.3 Å². The Bertz CT molecular complexity index is 894. The highest BCUT2D eigenvalue weighted by molar-refractivity contribution is 5.34. The van der Waals surface area contributed by atoms with E-state index < -0.39 is 47.8 Å². The highest BCUT2D eigenvalue weighted by atomic mass is 19.4. The third-order valence-electron chi connectivity index (χ3n) is 6.12. The first-order chi connectivity index (χ1) is 14.5. The van der Waals surface area contributed by atoms with Gasteiger partial charge in [-0.25, -0.2) is 0 Å². The summed E-state index contributed by atoms with van der Waals surface area (Å²) in [6, 6.07) is 10.6. The minimum absolute atomic E-state index is 0.106. The maximum Gasteiger partial charge on any atom is 0.416 e. The Balaban J connectivity index is 1.62. The van der Waals surface area contributed by atoms with Crippen LogP contribution in [0.1, 0.15) is 41.5 Å². The second-order valence-corrected chi connectivity index (χ2v) is 8.15. The van der Waals surface area contributed by atoms with E-state index in [1.807, 2.05) is 30.3 Å². The number of aliphatic hydroxyl groups excluding tert-OH is 1. The third kappa shape index (κ3) is 4.31. The van der Waals surface area contributed by atoms with Gasteiger partial charge in [-0.3, -0.25) is 5.32 Å². The standard InChI is InChI=1S/C22H21F6NO2/c23-21(24,25)15-8-13(9-16(10-15)22(26,27)28)12-31-19-7-6-17-18(30)11-20(19,29-17)14-4-2-1-3-5-14/h1-5,8-10,17-19,29-30H,6-7,11-12H2/t17-,18-,19+,20+/m0/s1. The summed E-state index contributed by atoms with van der Waals surface area (Å²) in [5.41, 5.74) is -2.82. The van der Waals surface area contributed by atoms with E-state index in [4.69, 9.17) is 4.74 Å². The van der Waals surface area contributed by atoms with Crippen LogP contribution in [0, 0.1) is 0 Å². The summed E-state index contributed by atoms with van der Waals surface area (Å²) < 4.78 is 84.7. The predicted octanol–water partition coefficient (Wildman–Crippen LogP) is 5.02. The average molecular weight is 445 g/mol. The summed E-state index contributed by atoms with van der Waals surface area (Å²) in [6.45, 7) is -0.408. The monoisotopic (exact) mass is 445 g/mol. The lowest BCUT2D eigenvalue weighted by molar-refractivity contribution is -0.143. The second kappa shape index (κ2) is 7.79. The van der Waals surface area contributed by atoms with Gasteiger partial charge in [0.15, 0.2) is 0 Å². The number of alkyl halides is 6. The summed E-state index contributed by atoms with van der Waals surface area (Å²) in [5.74, 6) is 0. The van der Waals surface area contributed by atoms with Gasteiger partial charge in [0, 0.05) is 6.04 Å². The van der Waals surface area contributed by atoms with Gasteiger partial charge in [0.2, 0.25) is 0 Å². The molecule has 0 unspecified atom stereocenters. The molecule has 2 aromatic rings. The molecule has 0 saturated carbocycles. The Hall–Kier alpha value is -2.10. The van der Waals surface area contributed by atoms with Crippen molar-refractivity contribution < 1.29 is 36.2 Å². The Morgan fingerprint density at radius 1 is 0.935 bits per heavy atom. The number of piperidine rings is 1. The first-order valence-corrected chi connectivity index (χ1v) is 9.90. The van der Waals surface area contributed by atoms with Gasteiger partial charge >= 0.3 is 12.4 Å². The zero-order valence-corrected chi connectivity index (χ0v) is 16.3. The first-order valence-electron chi connectivity index (χ1n) is 9.90. The van der Waals surface area contributed by atoms with Gasteiger partial charge in [-0.2, -0.15) is 26.3 Å². The third-order valence-corrected chi connectivity index (χ3v) is 6.12. The van der Waals surface area contributed by atoms with E-state index in [9.17, 15) is 31.4 Å². The predicted molar refractivity (Wildman–Crippen MR) is 99.9 cm³/mol. The van der Waals surface area contributed by atoms with Crippen LogP contribution in [0.4, 0.5) is 26.3 Å². The average Bonchev–Trinajstić information content (AvgIpc) is 2.98. The lowest BCUT2D eigenvalue weighted by Crippen LogP contribution is -2.54. The quantitative estimate of drug-likeness (QED) is 0.650. The topological polar surface area (TPSA) is 41.5 Å². The fourth-order valence-electron chi connectivity index (χ4n) is 4.67. The maximum absolute atomic E-state index is 13.1. The van der Waals surface area contributed by atoms with Gasteiger partial charge < -0.3 is 9.84 Å². The van der Waals surface area contributed by atoms with E-state index in [1.165, 1.54) is 0 Å². The molecule has 2 heterocycles. The molecule has 168 valence electrons. The minimum Gasteiger partial charge on any atom is -0.391 e. The highest BCUT2D eigenvalue weighted by Gasteiger charge is 2.54.